The third-order valence-electron chi connectivity index (χ3n) is 4.08. The Morgan fingerprint density at radius 1 is 1.50 bits per heavy atom. The smallest absolute Gasteiger partial charge is 0.273 e. The van der Waals surface area contributed by atoms with E-state index in [0.29, 0.717) is 36.8 Å². The van der Waals surface area contributed by atoms with Crippen molar-refractivity contribution in [3.8, 4) is 0 Å². The number of piperidine rings is 1. The van der Waals surface area contributed by atoms with Gasteiger partial charge < -0.3 is 20.4 Å². The Hall–Kier alpha value is -2.84. The number of H-pyrrole nitrogens is 1. The lowest BCUT2D eigenvalue weighted by Gasteiger charge is -2.32. The zero-order valence-corrected chi connectivity index (χ0v) is 13.4. The van der Waals surface area contributed by atoms with Gasteiger partial charge in [0, 0.05) is 31.6 Å². The van der Waals surface area contributed by atoms with Gasteiger partial charge in [-0.25, -0.2) is 4.98 Å². The molecule has 1 fully saturated rings. The van der Waals surface area contributed by atoms with Crippen molar-refractivity contribution < 1.29 is 9.21 Å². The molecule has 4 N–H and O–H groups in total. The summed E-state index contributed by atoms with van der Waals surface area (Å²) in [5, 5.41) is 2.99. The highest BCUT2D eigenvalue weighted by molar-refractivity contribution is 5.93. The number of aromatic nitrogens is 3. The Morgan fingerprint density at radius 3 is 2.92 bits per heavy atom. The maximum Gasteiger partial charge on any atom is 0.273 e. The monoisotopic (exact) mass is 332 g/mol. The second-order valence-corrected chi connectivity index (χ2v) is 5.70. The number of aryl methyl sites for hydroxylation is 1. The number of nitrogens with one attached hydrogen (secondary N) is 2. The SMILES string of the molecule is CCc1ocnc1C(=O)NC1CCN(c2cc(=O)[nH]c(N)n2)CC1. The van der Waals surface area contributed by atoms with Gasteiger partial charge in [0.05, 0.1) is 0 Å². The number of nitrogens with two attached hydrogens (primary N) is 1. The lowest BCUT2D eigenvalue weighted by atomic mass is 10.0. The first kappa shape index (κ1) is 16.0. The van der Waals surface area contributed by atoms with Crippen LogP contribution in [0.1, 0.15) is 36.0 Å². The fourth-order valence-corrected chi connectivity index (χ4v) is 2.84. The van der Waals surface area contributed by atoms with Crippen LogP contribution in [-0.4, -0.2) is 40.0 Å². The Labute approximate surface area is 138 Å². The molecule has 1 aliphatic rings. The third kappa shape index (κ3) is 3.39. The lowest BCUT2D eigenvalue weighted by molar-refractivity contribution is 0.0924. The molecule has 9 heteroatoms. The highest BCUT2D eigenvalue weighted by Gasteiger charge is 2.24. The predicted molar refractivity (Wildman–Crippen MR) is 87.9 cm³/mol. The van der Waals surface area contributed by atoms with Crippen molar-refractivity contribution in [3.63, 3.8) is 0 Å². The standard InChI is InChI=1S/C15H20N6O3/c1-2-10-13(17-8-24-10)14(23)18-9-3-5-21(6-4-9)11-7-12(22)20-15(16)19-11/h7-9H,2-6H2,1H3,(H,18,23)(H3,16,19,20,22). The summed E-state index contributed by atoms with van der Waals surface area (Å²) in [5.74, 6) is 1.04. The molecule has 3 heterocycles. The molecule has 0 spiro atoms. The van der Waals surface area contributed by atoms with E-state index in [9.17, 15) is 9.59 Å². The average Bonchev–Trinajstić information content (AvgIpc) is 3.03. The minimum Gasteiger partial charge on any atom is -0.448 e. The molecule has 0 radical (unpaired) electrons. The Kier molecular flexibility index (Phi) is 4.50. The van der Waals surface area contributed by atoms with Crippen LogP contribution in [0.25, 0.3) is 0 Å². The van der Waals surface area contributed by atoms with E-state index in [-0.39, 0.29) is 23.5 Å². The van der Waals surface area contributed by atoms with Gasteiger partial charge in [-0.1, -0.05) is 6.92 Å². The number of amides is 1. The summed E-state index contributed by atoms with van der Waals surface area (Å²) in [5.41, 5.74) is 5.65. The van der Waals surface area contributed by atoms with Crippen LogP contribution >= 0.6 is 0 Å². The van der Waals surface area contributed by atoms with Gasteiger partial charge in [0.25, 0.3) is 11.5 Å². The summed E-state index contributed by atoms with van der Waals surface area (Å²) in [6.45, 7) is 3.27. The van der Waals surface area contributed by atoms with Crippen molar-refractivity contribution in [2.45, 2.75) is 32.2 Å². The summed E-state index contributed by atoms with van der Waals surface area (Å²) in [4.78, 5) is 36.3. The number of oxazole rings is 1. The van der Waals surface area contributed by atoms with Crippen LogP contribution in [0.5, 0.6) is 0 Å². The van der Waals surface area contributed by atoms with E-state index < -0.39 is 0 Å². The van der Waals surface area contributed by atoms with Crippen LogP contribution in [0.2, 0.25) is 0 Å². The van der Waals surface area contributed by atoms with Gasteiger partial charge in [-0.15, -0.1) is 0 Å². The summed E-state index contributed by atoms with van der Waals surface area (Å²) < 4.78 is 5.19. The first-order chi connectivity index (χ1) is 11.6. The maximum atomic E-state index is 12.3. The number of anilines is 2. The summed E-state index contributed by atoms with van der Waals surface area (Å²) in [6.07, 6.45) is 3.41. The van der Waals surface area contributed by atoms with Crippen LogP contribution in [0, 0.1) is 0 Å². The lowest BCUT2D eigenvalue weighted by Crippen LogP contribution is -2.45. The molecule has 0 bridgehead atoms. The van der Waals surface area contributed by atoms with Crippen LogP contribution in [0.4, 0.5) is 11.8 Å². The number of rotatable bonds is 4. The van der Waals surface area contributed by atoms with Gasteiger partial charge in [0.1, 0.15) is 11.6 Å². The van der Waals surface area contributed by atoms with E-state index in [1.54, 1.807) is 0 Å². The van der Waals surface area contributed by atoms with E-state index in [4.69, 9.17) is 10.2 Å². The van der Waals surface area contributed by atoms with E-state index in [1.165, 1.54) is 12.5 Å². The van der Waals surface area contributed by atoms with Crippen molar-refractivity contribution >= 4 is 17.7 Å². The molecule has 1 aliphatic heterocycles. The molecule has 2 aromatic rings. The summed E-state index contributed by atoms with van der Waals surface area (Å²) in [7, 11) is 0. The highest BCUT2D eigenvalue weighted by atomic mass is 16.3. The van der Waals surface area contributed by atoms with E-state index in [2.05, 4.69) is 20.3 Å². The molecule has 0 atom stereocenters. The van der Waals surface area contributed by atoms with E-state index in [0.717, 1.165) is 12.8 Å². The number of nitrogens with zero attached hydrogens (tertiary/aromatic N) is 3. The fourth-order valence-electron chi connectivity index (χ4n) is 2.84. The summed E-state index contributed by atoms with van der Waals surface area (Å²) in [6, 6.07) is 1.48. The number of carbonyl (C=O) groups is 1. The predicted octanol–water partition coefficient (Wildman–Crippen LogP) is 0.301. The molecular formula is C15H20N6O3. The quantitative estimate of drug-likeness (QED) is 0.734. The van der Waals surface area contributed by atoms with Crippen LogP contribution in [0.3, 0.4) is 0 Å². The Morgan fingerprint density at radius 2 is 2.25 bits per heavy atom. The molecule has 1 amide bonds. The number of nitrogen functional groups attached to an aromatic ring is 1. The van der Waals surface area contributed by atoms with Crippen molar-refractivity contribution in [3.05, 3.63) is 34.3 Å². The van der Waals surface area contributed by atoms with Crippen molar-refractivity contribution in [2.75, 3.05) is 23.7 Å². The second-order valence-electron chi connectivity index (χ2n) is 5.70. The van der Waals surface area contributed by atoms with Crippen molar-refractivity contribution in [2.24, 2.45) is 0 Å². The van der Waals surface area contributed by atoms with Gasteiger partial charge >= 0.3 is 0 Å². The van der Waals surface area contributed by atoms with Gasteiger partial charge in [0.15, 0.2) is 12.1 Å². The molecular weight excluding hydrogens is 312 g/mol. The zero-order valence-electron chi connectivity index (χ0n) is 13.4. The van der Waals surface area contributed by atoms with E-state index in [1.807, 2.05) is 11.8 Å². The van der Waals surface area contributed by atoms with Crippen LogP contribution in [0.15, 0.2) is 21.7 Å². The minimum atomic E-state index is -0.272. The van der Waals surface area contributed by atoms with Gasteiger partial charge in [-0.3, -0.25) is 14.6 Å². The molecule has 0 unspecified atom stereocenters. The van der Waals surface area contributed by atoms with E-state index >= 15 is 0 Å². The minimum absolute atomic E-state index is 0.0505. The van der Waals surface area contributed by atoms with Crippen LogP contribution < -0.4 is 21.5 Å². The van der Waals surface area contributed by atoms with Gasteiger partial charge in [0.2, 0.25) is 5.95 Å². The Bertz CT molecular complexity index is 776. The highest BCUT2D eigenvalue weighted by Crippen LogP contribution is 2.17. The normalized spacial score (nSPS) is 15.5. The zero-order chi connectivity index (χ0) is 17.1. The number of carbonyl (C=O) groups excluding carboxylic acids is 1. The average molecular weight is 332 g/mol. The fraction of sp³-hybridized carbons (Fsp3) is 0.467. The van der Waals surface area contributed by atoms with Crippen LogP contribution in [-0.2, 0) is 6.42 Å². The number of aromatic amines is 1. The third-order valence-corrected chi connectivity index (χ3v) is 4.08. The first-order valence-electron chi connectivity index (χ1n) is 7.92. The maximum absolute atomic E-state index is 12.3. The number of hydrogen-bond donors (Lipinski definition) is 3. The molecule has 1 saturated heterocycles. The molecule has 3 rings (SSSR count). The molecule has 128 valence electrons. The molecule has 0 saturated carbocycles. The van der Waals surface area contributed by atoms with Gasteiger partial charge in [-0.2, -0.15) is 4.98 Å². The number of hydrogen-bond acceptors (Lipinski definition) is 7. The Balaban J connectivity index is 1.59. The molecule has 24 heavy (non-hydrogen) atoms. The topological polar surface area (TPSA) is 130 Å². The molecule has 0 aliphatic carbocycles. The first-order valence-corrected chi connectivity index (χ1v) is 7.92. The largest absolute Gasteiger partial charge is 0.448 e. The second kappa shape index (κ2) is 6.73. The van der Waals surface area contributed by atoms with Gasteiger partial charge in [-0.05, 0) is 12.8 Å². The molecule has 9 nitrogen and oxygen atoms in total. The summed E-state index contributed by atoms with van der Waals surface area (Å²) >= 11 is 0. The molecule has 2 aromatic heterocycles. The van der Waals surface area contributed by atoms with Crippen molar-refractivity contribution in [1.82, 2.24) is 20.3 Å². The van der Waals surface area contributed by atoms with Crippen molar-refractivity contribution in [1.29, 1.82) is 0 Å². The molecule has 0 aromatic carbocycles.